The van der Waals surface area contributed by atoms with Gasteiger partial charge < -0.3 is 4.74 Å². The Kier molecular flexibility index (Phi) is 5.00. The fraction of sp³-hybridized carbons (Fsp3) is 0.357. The lowest BCUT2D eigenvalue weighted by atomic mass is 10.0. The third-order valence-electron chi connectivity index (χ3n) is 3.11. The standard InChI is InChI=1S/C14H19ClN4O/c1-3-6-19-9-10(8-17-19)14(18-16)12-5-4-11(15)7-13(12)20-2/h4-5,7-9,14,18H,3,6,16H2,1-2H3. The lowest BCUT2D eigenvalue weighted by Gasteiger charge is -2.18. The Balaban J connectivity index is 2.35. The predicted molar refractivity (Wildman–Crippen MR) is 79.7 cm³/mol. The summed E-state index contributed by atoms with van der Waals surface area (Å²) in [5.74, 6) is 6.40. The molecule has 0 aliphatic carbocycles. The maximum atomic E-state index is 5.99. The molecule has 1 aromatic heterocycles. The number of nitrogens with two attached hydrogens (primary N) is 1. The van der Waals surface area contributed by atoms with Gasteiger partial charge in [-0.2, -0.15) is 5.10 Å². The first kappa shape index (κ1) is 14.8. The second kappa shape index (κ2) is 6.74. The highest BCUT2D eigenvalue weighted by Gasteiger charge is 2.18. The molecule has 20 heavy (non-hydrogen) atoms. The van der Waals surface area contributed by atoms with Gasteiger partial charge in [-0.3, -0.25) is 10.5 Å². The lowest BCUT2D eigenvalue weighted by molar-refractivity contribution is 0.404. The van der Waals surface area contributed by atoms with Crippen molar-refractivity contribution >= 4 is 11.6 Å². The number of nitrogens with zero attached hydrogens (tertiary/aromatic N) is 2. The summed E-state index contributed by atoms with van der Waals surface area (Å²) in [6.45, 7) is 3.00. The van der Waals surface area contributed by atoms with Gasteiger partial charge in [0.15, 0.2) is 0 Å². The first-order valence-corrected chi connectivity index (χ1v) is 6.89. The SMILES string of the molecule is CCCn1cc(C(NN)c2ccc(Cl)cc2OC)cn1. The van der Waals surface area contributed by atoms with Gasteiger partial charge >= 0.3 is 0 Å². The van der Waals surface area contributed by atoms with E-state index in [0.29, 0.717) is 10.8 Å². The molecule has 0 spiro atoms. The Morgan fingerprint density at radius 1 is 1.50 bits per heavy atom. The van der Waals surface area contributed by atoms with Crippen molar-refractivity contribution in [2.24, 2.45) is 5.84 Å². The topological polar surface area (TPSA) is 65.1 Å². The quantitative estimate of drug-likeness (QED) is 0.635. The number of nitrogens with one attached hydrogen (secondary N) is 1. The molecule has 0 saturated carbocycles. The van der Waals surface area contributed by atoms with Crippen molar-refractivity contribution in [2.75, 3.05) is 7.11 Å². The average molecular weight is 295 g/mol. The fourth-order valence-corrected chi connectivity index (χ4v) is 2.33. The summed E-state index contributed by atoms with van der Waals surface area (Å²) in [5, 5.41) is 4.96. The summed E-state index contributed by atoms with van der Waals surface area (Å²) in [5.41, 5.74) is 4.72. The molecule has 5 nitrogen and oxygen atoms in total. The predicted octanol–water partition coefficient (Wildman–Crippen LogP) is 2.51. The van der Waals surface area contributed by atoms with E-state index in [1.165, 1.54) is 0 Å². The van der Waals surface area contributed by atoms with Crippen molar-refractivity contribution in [1.29, 1.82) is 0 Å². The van der Waals surface area contributed by atoms with Crippen LogP contribution >= 0.6 is 11.6 Å². The molecule has 3 N–H and O–H groups in total. The summed E-state index contributed by atoms with van der Waals surface area (Å²) < 4.78 is 7.28. The summed E-state index contributed by atoms with van der Waals surface area (Å²) in [7, 11) is 1.61. The highest BCUT2D eigenvalue weighted by molar-refractivity contribution is 6.30. The number of benzene rings is 1. The summed E-state index contributed by atoms with van der Waals surface area (Å²) >= 11 is 5.99. The summed E-state index contributed by atoms with van der Waals surface area (Å²) in [4.78, 5) is 0. The molecule has 1 aromatic carbocycles. The van der Waals surface area contributed by atoms with Crippen molar-refractivity contribution in [2.45, 2.75) is 25.9 Å². The van der Waals surface area contributed by atoms with Crippen molar-refractivity contribution in [3.63, 3.8) is 0 Å². The second-order valence-corrected chi connectivity index (χ2v) is 4.96. The van der Waals surface area contributed by atoms with E-state index < -0.39 is 0 Å². The minimum atomic E-state index is -0.187. The molecular formula is C14H19ClN4O. The van der Waals surface area contributed by atoms with Crippen LogP contribution in [-0.2, 0) is 6.54 Å². The monoisotopic (exact) mass is 294 g/mol. The Bertz CT molecular complexity index is 570. The molecule has 0 amide bonds. The van der Waals surface area contributed by atoms with E-state index in [1.54, 1.807) is 13.2 Å². The van der Waals surface area contributed by atoms with E-state index in [0.717, 1.165) is 24.1 Å². The number of hydrogen-bond acceptors (Lipinski definition) is 4. The highest BCUT2D eigenvalue weighted by Crippen LogP contribution is 2.31. The van der Waals surface area contributed by atoms with E-state index in [2.05, 4.69) is 17.4 Å². The normalized spacial score (nSPS) is 12.4. The Hall–Kier alpha value is -1.56. The molecule has 1 unspecified atom stereocenters. The van der Waals surface area contributed by atoms with Gasteiger partial charge in [-0.15, -0.1) is 0 Å². The number of aromatic nitrogens is 2. The van der Waals surface area contributed by atoms with Gasteiger partial charge in [0.05, 0.1) is 19.3 Å². The number of hydrogen-bond donors (Lipinski definition) is 2. The molecule has 0 saturated heterocycles. The molecule has 1 heterocycles. The van der Waals surface area contributed by atoms with E-state index in [-0.39, 0.29) is 6.04 Å². The first-order valence-electron chi connectivity index (χ1n) is 6.51. The number of ether oxygens (including phenoxy) is 1. The number of rotatable bonds is 6. The van der Waals surface area contributed by atoms with Gasteiger partial charge in [0.2, 0.25) is 0 Å². The third kappa shape index (κ3) is 3.12. The van der Waals surface area contributed by atoms with Gasteiger partial charge in [-0.05, 0) is 18.6 Å². The van der Waals surface area contributed by atoms with Gasteiger partial charge in [0.1, 0.15) is 5.75 Å². The number of halogens is 1. The van der Waals surface area contributed by atoms with Crippen LogP contribution in [0.4, 0.5) is 0 Å². The lowest BCUT2D eigenvalue weighted by Crippen LogP contribution is -2.29. The minimum absolute atomic E-state index is 0.187. The van der Waals surface area contributed by atoms with Crippen LogP contribution in [-0.4, -0.2) is 16.9 Å². The zero-order chi connectivity index (χ0) is 14.5. The molecule has 108 valence electrons. The van der Waals surface area contributed by atoms with Crippen LogP contribution in [0.15, 0.2) is 30.6 Å². The van der Waals surface area contributed by atoms with E-state index in [9.17, 15) is 0 Å². The zero-order valence-corrected chi connectivity index (χ0v) is 12.4. The van der Waals surface area contributed by atoms with Crippen molar-refractivity contribution in [3.05, 3.63) is 46.7 Å². The largest absolute Gasteiger partial charge is 0.496 e. The van der Waals surface area contributed by atoms with Crippen LogP contribution < -0.4 is 16.0 Å². The average Bonchev–Trinajstić information content (AvgIpc) is 2.90. The molecule has 1 atom stereocenters. The molecule has 0 radical (unpaired) electrons. The molecule has 6 heteroatoms. The molecule has 0 fully saturated rings. The molecule has 2 aromatic rings. The van der Waals surface area contributed by atoms with E-state index >= 15 is 0 Å². The number of aryl methyl sites for hydroxylation is 1. The maximum Gasteiger partial charge on any atom is 0.125 e. The highest BCUT2D eigenvalue weighted by atomic mass is 35.5. The van der Waals surface area contributed by atoms with Crippen molar-refractivity contribution in [1.82, 2.24) is 15.2 Å². The van der Waals surface area contributed by atoms with Crippen LogP contribution in [0.25, 0.3) is 0 Å². The van der Waals surface area contributed by atoms with Crippen LogP contribution in [0.2, 0.25) is 5.02 Å². The first-order chi connectivity index (χ1) is 9.69. The van der Waals surface area contributed by atoms with Crippen molar-refractivity contribution in [3.8, 4) is 5.75 Å². The Morgan fingerprint density at radius 2 is 2.30 bits per heavy atom. The third-order valence-corrected chi connectivity index (χ3v) is 3.35. The van der Waals surface area contributed by atoms with Gasteiger partial charge in [-0.1, -0.05) is 24.6 Å². The molecule has 2 rings (SSSR count). The van der Waals surface area contributed by atoms with Crippen LogP contribution in [0.1, 0.15) is 30.5 Å². The maximum absolute atomic E-state index is 5.99. The van der Waals surface area contributed by atoms with Gasteiger partial charge in [0, 0.05) is 28.9 Å². The molecular weight excluding hydrogens is 276 g/mol. The van der Waals surface area contributed by atoms with Crippen LogP contribution in [0, 0.1) is 0 Å². The number of hydrazine groups is 1. The summed E-state index contributed by atoms with van der Waals surface area (Å²) in [6.07, 6.45) is 4.84. The Labute approximate surface area is 123 Å². The molecule has 0 aliphatic rings. The van der Waals surface area contributed by atoms with E-state index in [1.807, 2.05) is 29.2 Å². The minimum Gasteiger partial charge on any atom is -0.496 e. The van der Waals surface area contributed by atoms with Crippen molar-refractivity contribution < 1.29 is 4.74 Å². The fourth-order valence-electron chi connectivity index (χ4n) is 2.17. The second-order valence-electron chi connectivity index (χ2n) is 4.52. The zero-order valence-electron chi connectivity index (χ0n) is 11.6. The van der Waals surface area contributed by atoms with Gasteiger partial charge in [0.25, 0.3) is 0 Å². The summed E-state index contributed by atoms with van der Waals surface area (Å²) in [6, 6.07) is 5.31. The number of methoxy groups -OCH3 is 1. The van der Waals surface area contributed by atoms with E-state index in [4.69, 9.17) is 22.2 Å². The molecule has 0 bridgehead atoms. The molecule has 0 aliphatic heterocycles. The Morgan fingerprint density at radius 3 is 2.95 bits per heavy atom. The van der Waals surface area contributed by atoms with Gasteiger partial charge in [-0.25, -0.2) is 5.43 Å². The van der Waals surface area contributed by atoms with Crippen LogP contribution in [0.5, 0.6) is 5.75 Å². The smallest absolute Gasteiger partial charge is 0.125 e. The van der Waals surface area contributed by atoms with Crippen LogP contribution in [0.3, 0.4) is 0 Å².